The predicted octanol–water partition coefficient (Wildman–Crippen LogP) is 2.86. The molecule has 0 atom stereocenters. The Kier molecular flexibility index (Phi) is 4.61. The number of benzene rings is 2. The maximum atomic E-state index is 12.8. The van der Waals surface area contributed by atoms with Gasteiger partial charge in [0, 0.05) is 19.2 Å². The van der Waals surface area contributed by atoms with Crippen molar-refractivity contribution < 1.29 is 4.79 Å². The summed E-state index contributed by atoms with van der Waals surface area (Å²) < 4.78 is 1.59. The Morgan fingerprint density at radius 2 is 1.88 bits per heavy atom. The Bertz CT molecular complexity index is 902. The van der Waals surface area contributed by atoms with Gasteiger partial charge in [0.25, 0.3) is 5.91 Å². The molecule has 6 heteroatoms. The van der Waals surface area contributed by atoms with E-state index >= 15 is 0 Å². The van der Waals surface area contributed by atoms with Crippen molar-refractivity contribution >= 4 is 5.91 Å². The monoisotopic (exact) mass is 335 g/mol. The van der Waals surface area contributed by atoms with Crippen LogP contribution in [0.5, 0.6) is 0 Å². The zero-order valence-corrected chi connectivity index (χ0v) is 14.9. The van der Waals surface area contributed by atoms with Crippen LogP contribution in [-0.2, 0) is 6.54 Å². The van der Waals surface area contributed by atoms with Crippen molar-refractivity contribution in [3.63, 3.8) is 0 Å². The summed E-state index contributed by atoms with van der Waals surface area (Å²) in [6.45, 7) is 6.67. The maximum Gasteiger partial charge on any atom is 0.253 e. The van der Waals surface area contributed by atoms with E-state index in [4.69, 9.17) is 0 Å². The number of tetrazole rings is 1. The van der Waals surface area contributed by atoms with Crippen molar-refractivity contribution in [1.29, 1.82) is 0 Å². The minimum atomic E-state index is -0.00802. The number of rotatable bonds is 4. The molecule has 1 heterocycles. The van der Waals surface area contributed by atoms with Gasteiger partial charge in [-0.1, -0.05) is 23.8 Å². The Morgan fingerprint density at radius 1 is 1.08 bits per heavy atom. The molecular weight excluding hydrogens is 314 g/mol. The van der Waals surface area contributed by atoms with Gasteiger partial charge >= 0.3 is 0 Å². The second kappa shape index (κ2) is 6.84. The van der Waals surface area contributed by atoms with E-state index in [0.29, 0.717) is 12.1 Å². The van der Waals surface area contributed by atoms with Crippen molar-refractivity contribution in [2.75, 3.05) is 7.05 Å². The molecule has 1 aromatic heterocycles. The lowest BCUT2D eigenvalue weighted by molar-refractivity contribution is 0.0785. The highest BCUT2D eigenvalue weighted by Crippen LogP contribution is 2.18. The minimum Gasteiger partial charge on any atom is -0.337 e. The summed E-state index contributed by atoms with van der Waals surface area (Å²) in [5.74, 6) is -0.00802. The Labute approximate surface area is 147 Å². The van der Waals surface area contributed by atoms with Gasteiger partial charge in [0.15, 0.2) is 0 Å². The molecule has 0 N–H and O–H groups in total. The molecule has 128 valence electrons. The van der Waals surface area contributed by atoms with Crippen LogP contribution in [0.1, 0.15) is 32.6 Å². The van der Waals surface area contributed by atoms with E-state index in [1.165, 1.54) is 17.5 Å². The highest BCUT2D eigenvalue weighted by Gasteiger charge is 2.15. The van der Waals surface area contributed by atoms with E-state index < -0.39 is 0 Å². The van der Waals surface area contributed by atoms with Crippen molar-refractivity contribution in [3.8, 4) is 5.69 Å². The predicted molar refractivity (Wildman–Crippen MR) is 95.6 cm³/mol. The number of hydrogen-bond acceptors (Lipinski definition) is 4. The molecule has 0 aliphatic heterocycles. The highest BCUT2D eigenvalue weighted by atomic mass is 16.2. The standard InChI is InChI=1S/C19H21N5O/c1-13-5-6-17(14(2)9-13)11-23(4)19(25)16-7-8-18(15(3)10-16)24-12-20-21-22-24/h5-10,12H,11H2,1-4H3. The quantitative estimate of drug-likeness (QED) is 0.735. The largest absolute Gasteiger partial charge is 0.337 e. The van der Waals surface area contributed by atoms with Gasteiger partial charge in [-0.05, 0) is 66.1 Å². The summed E-state index contributed by atoms with van der Waals surface area (Å²) in [4.78, 5) is 14.5. The third-order valence-corrected chi connectivity index (χ3v) is 4.29. The summed E-state index contributed by atoms with van der Waals surface area (Å²) >= 11 is 0. The van der Waals surface area contributed by atoms with Gasteiger partial charge < -0.3 is 4.90 Å². The van der Waals surface area contributed by atoms with Crippen LogP contribution in [0.15, 0.2) is 42.7 Å². The maximum absolute atomic E-state index is 12.8. The molecule has 0 radical (unpaired) electrons. The smallest absolute Gasteiger partial charge is 0.253 e. The SMILES string of the molecule is Cc1ccc(CN(C)C(=O)c2ccc(-n3cnnn3)c(C)c2)c(C)c1. The zero-order chi connectivity index (χ0) is 18.0. The molecule has 6 nitrogen and oxygen atoms in total. The molecule has 0 bridgehead atoms. The lowest BCUT2D eigenvalue weighted by atomic mass is 10.0. The van der Waals surface area contributed by atoms with E-state index in [0.717, 1.165) is 16.8 Å². The van der Waals surface area contributed by atoms with E-state index in [-0.39, 0.29) is 5.91 Å². The second-order valence-corrected chi connectivity index (χ2v) is 6.35. The number of hydrogen-bond donors (Lipinski definition) is 0. The molecule has 2 aromatic carbocycles. The van der Waals surface area contributed by atoms with Gasteiger partial charge in [-0.2, -0.15) is 0 Å². The Hall–Kier alpha value is -3.02. The number of aryl methyl sites for hydroxylation is 3. The average Bonchev–Trinajstić information content (AvgIpc) is 3.10. The molecule has 0 spiro atoms. The molecule has 3 rings (SSSR count). The van der Waals surface area contributed by atoms with Crippen LogP contribution in [0.3, 0.4) is 0 Å². The van der Waals surface area contributed by atoms with E-state index in [1.54, 1.807) is 9.58 Å². The van der Waals surface area contributed by atoms with Crippen LogP contribution in [0.2, 0.25) is 0 Å². The number of carbonyl (C=O) groups excluding carboxylic acids is 1. The van der Waals surface area contributed by atoms with E-state index in [1.807, 2.05) is 32.2 Å². The van der Waals surface area contributed by atoms with Crippen LogP contribution in [0.4, 0.5) is 0 Å². The number of aromatic nitrogens is 4. The van der Waals surface area contributed by atoms with Gasteiger partial charge in [0.2, 0.25) is 0 Å². The molecule has 1 amide bonds. The third-order valence-electron chi connectivity index (χ3n) is 4.29. The van der Waals surface area contributed by atoms with Crippen LogP contribution >= 0.6 is 0 Å². The molecule has 25 heavy (non-hydrogen) atoms. The van der Waals surface area contributed by atoms with Crippen LogP contribution in [0.25, 0.3) is 5.69 Å². The minimum absolute atomic E-state index is 0.00802. The fourth-order valence-corrected chi connectivity index (χ4v) is 2.89. The Balaban J connectivity index is 1.79. The van der Waals surface area contributed by atoms with Gasteiger partial charge in [-0.3, -0.25) is 4.79 Å². The average molecular weight is 335 g/mol. The van der Waals surface area contributed by atoms with Crippen molar-refractivity contribution in [2.45, 2.75) is 27.3 Å². The third kappa shape index (κ3) is 3.57. The lowest BCUT2D eigenvalue weighted by Gasteiger charge is -2.19. The lowest BCUT2D eigenvalue weighted by Crippen LogP contribution is -2.26. The summed E-state index contributed by atoms with van der Waals surface area (Å²) in [7, 11) is 1.83. The molecule has 0 saturated heterocycles. The van der Waals surface area contributed by atoms with Crippen LogP contribution < -0.4 is 0 Å². The zero-order valence-electron chi connectivity index (χ0n) is 14.9. The fraction of sp³-hybridized carbons (Fsp3) is 0.263. The first-order chi connectivity index (χ1) is 12.0. The topological polar surface area (TPSA) is 63.9 Å². The molecule has 0 aliphatic rings. The van der Waals surface area contributed by atoms with Gasteiger partial charge in [0.05, 0.1) is 5.69 Å². The van der Waals surface area contributed by atoms with Crippen molar-refractivity contribution in [2.24, 2.45) is 0 Å². The van der Waals surface area contributed by atoms with E-state index in [2.05, 4.69) is 47.6 Å². The fourth-order valence-electron chi connectivity index (χ4n) is 2.89. The first-order valence-corrected chi connectivity index (χ1v) is 8.11. The van der Waals surface area contributed by atoms with Gasteiger partial charge in [-0.25, -0.2) is 4.68 Å². The molecule has 3 aromatic rings. The summed E-state index contributed by atoms with van der Waals surface area (Å²) in [6.07, 6.45) is 1.54. The Morgan fingerprint density at radius 3 is 2.52 bits per heavy atom. The molecule has 0 aliphatic carbocycles. The van der Waals surface area contributed by atoms with Crippen molar-refractivity contribution in [3.05, 3.63) is 70.5 Å². The normalized spacial score (nSPS) is 10.7. The second-order valence-electron chi connectivity index (χ2n) is 6.35. The van der Waals surface area contributed by atoms with Gasteiger partial charge in [-0.15, -0.1) is 5.10 Å². The molecule has 0 unspecified atom stereocenters. The summed E-state index contributed by atoms with van der Waals surface area (Å²) in [5.41, 5.74) is 6.04. The number of nitrogens with zero attached hydrogens (tertiary/aromatic N) is 5. The molecule has 0 fully saturated rings. The van der Waals surface area contributed by atoms with Crippen LogP contribution in [-0.4, -0.2) is 38.1 Å². The summed E-state index contributed by atoms with van der Waals surface area (Å²) in [5, 5.41) is 11.2. The number of amides is 1. The molecular formula is C19H21N5O. The van der Waals surface area contributed by atoms with Crippen molar-refractivity contribution in [1.82, 2.24) is 25.1 Å². The van der Waals surface area contributed by atoms with Crippen LogP contribution in [0, 0.1) is 20.8 Å². The highest BCUT2D eigenvalue weighted by molar-refractivity contribution is 5.94. The van der Waals surface area contributed by atoms with Gasteiger partial charge in [0.1, 0.15) is 6.33 Å². The first-order valence-electron chi connectivity index (χ1n) is 8.11. The van der Waals surface area contributed by atoms with E-state index in [9.17, 15) is 4.79 Å². The first kappa shape index (κ1) is 16.8. The molecule has 0 saturated carbocycles. The number of carbonyl (C=O) groups is 1. The summed E-state index contributed by atoms with van der Waals surface area (Å²) in [6, 6.07) is 11.8.